The molecule has 1 rings (SSSR count). The van der Waals surface area contributed by atoms with Gasteiger partial charge in [-0.05, 0) is 13.0 Å². The van der Waals surface area contributed by atoms with Gasteiger partial charge in [0.15, 0.2) is 0 Å². The number of nitrogens with one attached hydrogen (secondary N) is 1. The van der Waals surface area contributed by atoms with Gasteiger partial charge < -0.3 is 9.88 Å². The molecule has 1 aromatic rings. The van der Waals surface area contributed by atoms with E-state index in [-0.39, 0.29) is 0 Å². The highest BCUT2D eigenvalue weighted by Gasteiger charge is 1.96. The van der Waals surface area contributed by atoms with Gasteiger partial charge in [-0.3, -0.25) is 0 Å². The van der Waals surface area contributed by atoms with Crippen LogP contribution in [0.15, 0.2) is 12.5 Å². The molecule has 3 nitrogen and oxygen atoms in total. The van der Waals surface area contributed by atoms with E-state index in [9.17, 15) is 0 Å². The Bertz CT molecular complexity index is 294. The third-order valence-electron chi connectivity index (χ3n) is 3.43. The number of hydrogen-bond donors (Lipinski definition) is 1. The van der Waals surface area contributed by atoms with E-state index in [0.29, 0.717) is 0 Å². The van der Waals surface area contributed by atoms with E-state index in [4.69, 9.17) is 0 Å². The molecule has 104 valence electrons. The first-order valence-electron chi connectivity index (χ1n) is 7.50. The first-order chi connectivity index (χ1) is 8.84. The third kappa shape index (κ3) is 6.80. The quantitative estimate of drug-likeness (QED) is 0.608. The van der Waals surface area contributed by atoms with Crippen LogP contribution in [0.1, 0.15) is 64.0 Å². The first-order valence-corrected chi connectivity index (χ1v) is 7.50. The van der Waals surface area contributed by atoms with Crippen LogP contribution in [-0.4, -0.2) is 16.1 Å². The van der Waals surface area contributed by atoms with Gasteiger partial charge in [-0.1, -0.05) is 51.9 Å². The number of unbranched alkanes of at least 4 members (excludes halogenated alkanes) is 7. The maximum Gasteiger partial charge on any atom is 0.0945 e. The topological polar surface area (TPSA) is 29.9 Å². The first kappa shape index (κ1) is 15.2. The predicted molar refractivity (Wildman–Crippen MR) is 77.5 cm³/mol. The van der Waals surface area contributed by atoms with Crippen molar-refractivity contribution in [3.05, 3.63) is 18.2 Å². The van der Waals surface area contributed by atoms with Crippen molar-refractivity contribution < 1.29 is 0 Å². The molecule has 0 amide bonds. The molecule has 0 aliphatic heterocycles. The van der Waals surface area contributed by atoms with E-state index in [1.807, 2.05) is 19.6 Å². The lowest BCUT2D eigenvalue weighted by Crippen LogP contribution is -2.16. The Morgan fingerprint density at radius 1 is 1.06 bits per heavy atom. The number of imidazole rings is 1. The summed E-state index contributed by atoms with van der Waals surface area (Å²) in [6.07, 6.45) is 14.9. The minimum atomic E-state index is 0.938. The molecule has 0 aliphatic rings. The van der Waals surface area contributed by atoms with Crippen LogP contribution >= 0.6 is 0 Å². The highest BCUT2D eigenvalue weighted by molar-refractivity contribution is 4.96. The van der Waals surface area contributed by atoms with Crippen molar-refractivity contribution in [2.75, 3.05) is 6.54 Å². The standard InChI is InChI=1S/C15H29N3/c1-3-4-5-6-7-8-9-10-11-16-12-15-13-17-14-18(15)2/h13-14,16H,3-12H2,1-2H3. The summed E-state index contributed by atoms with van der Waals surface area (Å²) in [4.78, 5) is 4.11. The van der Waals surface area contributed by atoms with E-state index >= 15 is 0 Å². The van der Waals surface area contributed by atoms with E-state index in [1.54, 1.807) is 0 Å². The van der Waals surface area contributed by atoms with Gasteiger partial charge >= 0.3 is 0 Å². The molecular weight excluding hydrogens is 222 g/mol. The average molecular weight is 251 g/mol. The lowest BCUT2D eigenvalue weighted by atomic mass is 10.1. The van der Waals surface area contributed by atoms with Crippen LogP contribution in [0.2, 0.25) is 0 Å². The molecular formula is C15H29N3. The summed E-state index contributed by atoms with van der Waals surface area (Å²) in [5.74, 6) is 0. The summed E-state index contributed by atoms with van der Waals surface area (Å²) in [5, 5.41) is 3.48. The Labute approximate surface area is 112 Å². The summed E-state index contributed by atoms with van der Waals surface area (Å²) >= 11 is 0. The molecule has 0 saturated heterocycles. The Balaban J connectivity index is 1.83. The molecule has 0 radical (unpaired) electrons. The second-order valence-electron chi connectivity index (χ2n) is 5.15. The molecule has 0 fully saturated rings. The van der Waals surface area contributed by atoms with Crippen molar-refractivity contribution >= 4 is 0 Å². The summed E-state index contributed by atoms with van der Waals surface area (Å²) in [6.45, 7) is 4.33. The van der Waals surface area contributed by atoms with Gasteiger partial charge in [0.2, 0.25) is 0 Å². The number of nitrogens with zero attached hydrogens (tertiary/aromatic N) is 2. The normalized spacial score (nSPS) is 11.0. The van der Waals surface area contributed by atoms with Gasteiger partial charge in [0, 0.05) is 19.8 Å². The smallest absolute Gasteiger partial charge is 0.0945 e. The summed E-state index contributed by atoms with van der Waals surface area (Å²) < 4.78 is 2.07. The van der Waals surface area contributed by atoms with Crippen molar-refractivity contribution in [3.63, 3.8) is 0 Å². The van der Waals surface area contributed by atoms with E-state index in [0.717, 1.165) is 13.1 Å². The molecule has 0 unspecified atom stereocenters. The van der Waals surface area contributed by atoms with Crippen molar-refractivity contribution in [1.82, 2.24) is 14.9 Å². The minimum absolute atomic E-state index is 0.938. The SMILES string of the molecule is CCCCCCCCCCNCc1cncn1C. The fourth-order valence-electron chi connectivity index (χ4n) is 2.16. The molecule has 18 heavy (non-hydrogen) atoms. The number of rotatable bonds is 11. The van der Waals surface area contributed by atoms with Crippen molar-refractivity contribution in [1.29, 1.82) is 0 Å². The Kier molecular flexibility index (Phi) is 8.57. The fraction of sp³-hybridized carbons (Fsp3) is 0.800. The van der Waals surface area contributed by atoms with Gasteiger partial charge in [-0.15, -0.1) is 0 Å². The van der Waals surface area contributed by atoms with Crippen LogP contribution in [0, 0.1) is 0 Å². The molecule has 1 N–H and O–H groups in total. The molecule has 0 saturated carbocycles. The molecule has 3 heteroatoms. The van der Waals surface area contributed by atoms with Gasteiger partial charge in [0.25, 0.3) is 0 Å². The van der Waals surface area contributed by atoms with Gasteiger partial charge in [-0.25, -0.2) is 4.98 Å². The molecule has 0 bridgehead atoms. The molecule has 1 heterocycles. The Hall–Kier alpha value is -0.830. The molecule has 0 aromatic carbocycles. The molecule has 0 atom stereocenters. The molecule has 1 aromatic heterocycles. The van der Waals surface area contributed by atoms with Crippen LogP contribution in [0.3, 0.4) is 0 Å². The van der Waals surface area contributed by atoms with Crippen molar-refractivity contribution in [2.24, 2.45) is 7.05 Å². The second kappa shape index (κ2) is 10.1. The van der Waals surface area contributed by atoms with E-state index in [1.165, 1.54) is 57.1 Å². The monoisotopic (exact) mass is 251 g/mol. The third-order valence-corrected chi connectivity index (χ3v) is 3.43. The summed E-state index contributed by atoms with van der Waals surface area (Å²) in [5.41, 5.74) is 1.26. The summed E-state index contributed by atoms with van der Waals surface area (Å²) in [6, 6.07) is 0. The van der Waals surface area contributed by atoms with Crippen LogP contribution < -0.4 is 5.32 Å². The maximum atomic E-state index is 4.11. The largest absolute Gasteiger partial charge is 0.337 e. The zero-order chi connectivity index (χ0) is 13.1. The maximum absolute atomic E-state index is 4.11. The van der Waals surface area contributed by atoms with Gasteiger partial charge in [0.05, 0.1) is 12.0 Å². The Morgan fingerprint density at radius 2 is 1.72 bits per heavy atom. The number of aromatic nitrogens is 2. The zero-order valence-corrected chi connectivity index (χ0v) is 12.1. The summed E-state index contributed by atoms with van der Waals surface area (Å²) in [7, 11) is 2.04. The van der Waals surface area contributed by atoms with Crippen molar-refractivity contribution in [3.8, 4) is 0 Å². The van der Waals surface area contributed by atoms with Crippen LogP contribution in [-0.2, 0) is 13.6 Å². The highest BCUT2D eigenvalue weighted by atomic mass is 15.0. The highest BCUT2D eigenvalue weighted by Crippen LogP contribution is 2.07. The van der Waals surface area contributed by atoms with Crippen LogP contribution in [0.4, 0.5) is 0 Å². The average Bonchev–Trinajstić information content (AvgIpc) is 2.77. The van der Waals surface area contributed by atoms with Gasteiger partial charge in [-0.2, -0.15) is 0 Å². The lowest BCUT2D eigenvalue weighted by molar-refractivity contribution is 0.551. The van der Waals surface area contributed by atoms with Crippen LogP contribution in [0.25, 0.3) is 0 Å². The predicted octanol–water partition coefficient (Wildman–Crippen LogP) is 3.65. The second-order valence-corrected chi connectivity index (χ2v) is 5.15. The van der Waals surface area contributed by atoms with E-state index < -0.39 is 0 Å². The molecule has 0 spiro atoms. The zero-order valence-electron chi connectivity index (χ0n) is 12.1. The lowest BCUT2D eigenvalue weighted by Gasteiger charge is -2.05. The molecule has 0 aliphatic carbocycles. The minimum Gasteiger partial charge on any atom is -0.337 e. The fourth-order valence-corrected chi connectivity index (χ4v) is 2.16. The van der Waals surface area contributed by atoms with E-state index in [2.05, 4.69) is 21.8 Å². The number of aryl methyl sites for hydroxylation is 1. The Morgan fingerprint density at radius 3 is 2.33 bits per heavy atom. The van der Waals surface area contributed by atoms with Crippen molar-refractivity contribution in [2.45, 2.75) is 64.8 Å². The number of hydrogen-bond acceptors (Lipinski definition) is 2. The van der Waals surface area contributed by atoms with Gasteiger partial charge in [0.1, 0.15) is 0 Å². The van der Waals surface area contributed by atoms with Crippen LogP contribution in [0.5, 0.6) is 0 Å².